The van der Waals surface area contributed by atoms with Gasteiger partial charge in [0.25, 0.3) is 5.91 Å². The normalized spacial score (nSPS) is 16.1. The van der Waals surface area contributed by atoms with Gasteiger partial charge >= 0.3 is 0 Å². The number of nitrogens with zero attached hydrogens (tertiary/aromatic N) is 1. The smallest absolute Gasteiger partial charge is 0.254 e. The van der Waals surface area contributed by atoms with Gasteiger partial charge in [-0.05, 0) is 37.0 Å². The monoisotopic (exact) mass is 279 g/mol. The van der Waals surface area contributed by atoms with Crippen molar-refractivity contribution >= 4 is 17.5 Å². The molecule has 0 aromatic heterocycles. The number of hydrogen-bond acceptors (Lipinski definition) is 3. The summed E-state index contributed by atoms with van der Waals surface area (Å²) in [5.41, 5.74) is 11.2. The Labute approximate surface area is 116 Å². The Morgan fingerprint density at radius 3 is 2.45 bits per heavy atom. The highest BCUT2D eigenvalue weighted by molar-refractivity contribution is 5.95. The first-order valence-electron chi connectivity index (χ1n) is 6.59. The minimum Gasteiger partial charge on any atom is -0.399 e. The minimum atomic E-state index is -0.517. The molecule has 0 aliphatic carbocycles. The number of anilines is 1. The van der Waals surface area contributed by atoms with Gasteiger partial charge in [0.05, 0.1) is 0 Å². The van der Waals surface area contributed by atoms with Crippen LogP contribution in [0.1, 0.15) is 29.6 Å². The van der Waals surface area contributed by atoms with E-state index in [4.69, 9.17) is 11.5 Å². The number of nitrogen functional groups attached to an aromatic ring is 1. The molecule has 0 bridgehead atoms. The van der Waals surface area contributed by atoms with Crippen LogP contribution in [0.2, 0.25) is 0 Å². The maximum absolute atomic E-state index is 13.3. The van der Waals surface area contributed by atoms with E-state index < -0.39 is 5.82 Å². The summed E-state index contributed by atoms with van der Waals surface area (Å²) in [4.78, 5) is 24.8. The Balaban J connectivity index is 1.99. The lowest BCUT2D eigenvalue weighted by Gasteiger charge is -2.31. The van der Waals surface area contributed by atoms with Gasteiger partial charge in [0.15, 0.2) is 0 Å². The van der Waals surface area contributed by atoms with Crippen molar-refractivity contribution in [3.8, 4) is 0 Å². The quantitative estimate of drug-likeness (QED) is 0.813. The molecular weight excluding hydrogens is 261 g/mol. The molecule has 1 aliphatic rings. The Kier molecular flexibility index (Phi) is 4.22. The zero-order chi connectivity index (χ0) is 14.7. The molecule has 0 radical (unpaired) electrons. The first kappa shape index (κ1) is 14.3. The number of rotatable bonds is 3. The van der Waals surface area contributed by atoms with E-state index in [0.29, 0.717) is 19.5 Å². The number of amides is 2. The number of primary amides is 1. The zero-order valence-corrected chi connectivity index (χ0v) is 11.1. The summed E-state index contributed by atoms with van der Waals surface area (Å²) < 4.78 is 13.3. The average Bonchev–Trinajstić information content (AvgIpc) is 2.37. The second kappa shape index (κ2) is 5.90. The molecular formula is C14H18FN3O2. The van der Waals surface area contributed by atoms with Gasteiger partial charge in [0, 0.05) is 30.8 Å². The molecule has 1 heterocycles. The number of likely N-dealkylation sites (tertiary alicyclic amines) is 1. The van der Waals surface area contributed by atoms with Crippen molar-refractivity contribution in [1.82, 2.24) is 4.90 Å². The molecule has 0 saturated carbocycles. The third kappa shape index (κ3) is 3.46. The highest BCUT2D eigenvalue weighted by Gasteiger charge is 2.24. The van der Waals surface area contributed by atoms with E-state index in [1.54, 1.807) is 4.90 Å². The van der Waals surface area contributed by atoms with Crippen LogP contribution in [0.5, 0.6) is 0 Å². The molecule has 0 atom stereocenters. The standard InChI is InChI=1S/C14H18FN3O2/c15-11-6-10(7-12(16)8-11)14(20)18-3-1-9(2-4-18)5-13(17)19/h6-9H,1-5,16H2,(H2,17,19). The largest absolute Gasteiger partial charge is 0.399 e. The first-order chi connectivity index (χ1) is 9.45. The number of nitrogens with two attached hydrogens (primary N) is 2. The summed E-state index contributed by atoms with van der Waals surface area (Å²) >= 11 is 0. The molecule has 4 N–H and O–H groups in total. The molecule has 0 spiro atoms. The lowest BCUT2D eigenvalue weighted by Crippen LogP contribution is -2.39. The van der Waals surface area contributed by atoms with E-state index in [1.165, 1.54) is 18.2 Å². The first-order valence-corrected chi connectivity index (χ1v) is 6.59. The van der Waals surface area contributed by atoms with E-state index in [0.717, 1.165) is 12.8 Å². The van der Waals surface area contributed by atoms with Crippen LogP contribution in [0.25, 0.3) is 0 Å². The molecule has 108 valence electrons. The summed E-state index contributed by atoms with van der Waals surface area (Å²) in [6, 6.07) is 3.84. The molecule has 6 heteroatoms. The number of piperidine rings is 1. The van der Waals surface area contributed by atoms with Crippen molar-refractivity contribution in [3.05, 3.63) is 29.6 Å². The minimum absolute atomic E-state index is 0.228. The molecule has 20 heavy (non-hydrogen) atoms. The van der Waals surface area contributed by atoms with Crippen LogP contribution >= 0.6 is 0 Å². The van der Waals surface area contributed by atoms with E-state index in [-0.39, 0.29) is 29.0 Å². The second-order valence-electron chi connectivity index (χ2n) is 5.18. The molecule has 5 nitrogen and oxygen atoms in total. The average molecular weight is 279 g/mol. The summed E-state index contributed by atoms with van der Waals surface area (Å²) in [6.07, 6.45) is 1.83. The Morgan fingerprint density at radius 2 is 1.90 bits per heavy atom. The van der Waals surface area contributed by atoms with Gasteiger partial charge in [-0.1, -0.05) is 0 Å². The number of hydrogen-bond donors (Lipinski definition) is 2. The van der Waals surface area contributed by atoms with Crippen LogP contribution in [-0.4, -0.2) is 29.8 Å². The van der Waals surface area contributed by atoms with Crippen LogP contribution in [-0.2, 0) is 4.79 Å². The SMILES string of the molecule is NC(=O)CC1CCN(C(=O)c2cc(N)cc(F)c2)CC1. The summed E-state index contributed by atoms with van der Waals surface area (Å²) in [5.74, 6) is -0.826. The molecule has 1 aromatic rings. The van der Waals surface area contributed by atoms with Gasteiger partial charge in [0.1, 0.15) is 5.82 Å². The van der Waals surface area contributed by atoms with Crippen LogP contribution in [0.4, 0.5) is 10.1 Å². The zero-order valence-electron chi connectivity index (χ0n) is 11.1. The fourth-order valence-corrected chi connectivity index (χ4v) is 2.54. The maximum Gasteiger partial charge on any atom is 0.254 e. The molecule has 0 unspecified atom stereocenters. The number of benzene rings is 1. The molecule has 1 aliphatic heterocycles. The molecule has 1 saturated heterocycles. The number of carbonyl (C=O) groups excluding carboxylic acids is 2. The van der Waals surface area contributed by atoms with Crippen LogP contribution < -0.4 is 11.5 Å². The number of halogens is 1. The van der Waals surface area contributed by atoms with E-state index in [9.17, 15) is 14.0 Å². The predicted molar refractivity (Wildman–Crippen MR) is 73.3 cm³/mol. The van der Waals surface area contributed by atoms with Gasteiger partial charge in [-0.25, -0.2) is 4.39 Å². The van der Waals surface area contributed by atoms with E-state index in [1.807, 2.05) is 0 Å². The van der Waals surface area contributed by atoms with Crippen molar-refractivity contribution < 1.29 is 14.0 Å². The third-order valence-corrected chi connectivity index (χ3v) is 3.56. The Morgan fingerprint density at radius 1 is 1.25 bits per heavy atom. The van der Waals surface area contributed by atoms with Gasteiger partial charge in [0.2, 0.25) is 5.91 Å². The topological polar surface area (TPSA) is 89.4 Å². The summed E-state index contributed by atoms with van der Waals surface area (Å²) in [5, 5.41) is 0. The fraction of sp³-hybridized carbons (Fsp3) is 0.429. The lowest BCUT2D eigenvalue weighted by atomic mass is 9.93. The third-order valence-electron chi connectivity index (χ3n) is 3.56. The van der Waals surface area contributed by atoms with Gasteiger partial charge in [-0.15, -0.1) is 0 Å². The molecule has 1 aromatic carbocycles. The van der Waals surface area contributed by atoms with Crippen molar-refractivity contribution in [2.45, 2.75) is 19.3 Å². The fourth-order valence-electron chi connectivity index (χ4n) is 2.54. The molecule has 2 rings (SSSR count). The Bertz CT molecular complexity index is 505. The van der Waals surface area contributed by atoms with E-state index in [2.05, 4.69) is 0 Å². The van der Waals surface area contributed by atoms with Gasteiger partial charge in [-0.3, -0.25) is 9.59 Å². The number of carbonyl (C=O) groups is 2. The van der Waals surface area contributed by atoms with Crippen molar-refractivity contribution in [2.24, 2.45) is 11.7 Å². The predicted octanol–water partition coefficient (Wildman–Crippen LogP) is 1.14. The van der Waals surface area contributed by atoms with Crippen LogP contribution in [0.3, 0.4) is 0 Å². The lowest BCUT2D eigenvalue weighted by molar-refractivity contribution is -0.119. The summed E-state index contributed by atoms with van der Waals surface area (Å²) in [7, 11) is 0. The van der Waals surface area contributed by atoms with Gasteiger partial charge in [-0.2, -0.15) is 0 Å². The van der Waals surface area contributed by atoms with E-state index >= 15 is 0 Å². The van der Waals surface area contributed by atoms with Crippen LogP contribution in [0.15, 0.2) is 18.2 Å². The Hall–Kier alpha value is -2.11. The summed E-state index contributed by atoms with van der Waals surface area (Å²) in [6.45, 7) is 1.10. The second-order valence-corrected chi connectivity index (χ2v) is 5.18. The van der Waals surface area contributed by atoms with Crippen LogP contribution in [0, 0.1) is 11.7 Å². The highest BCUT2D eigenvalue weighted by Crippen LogP contribution is 2.22. The van der Waals surface area contributed by atoms with Gasteiger partial charge < -0.3 is 16.4 Å². The molecule has 1 fully saturated rings. The highest BCUT2D eigenvalue weighted by atomic mass is 19.1. The van der Waals surface area contributed by atoms with Crippen molar-refractivity contribution in [3.63, 3.8) is 0 Å². The van der Waals surface area contributed by atoms with Crippen molar-refractivity contribution in [2.75, 3.05) is 18.8 Å². The van der Waals surface area contributed by atoms with Crippen molar-refractivity contribution in [1.29, 1.82) is 0 Å². The maximum atomic E-state index is 13.3. The molecule has 2 amide bonds.